The highest BCUT2D eigenvalue weighted by Gasteiger charge is 2.20. The Morgan fingerprint density at radius 3 is 2.17 bits per heavy atom. The molecule has 5 aromatic rings. The molecule has 1 amide bonds. The van der Waals surface area contributed by atoms with Crippen LogP contribution in [0.3, 0.4) is 0 Å². The van der Waals surface area contributed by atoms with Gasteiger partial charge in [-0.1, -0.05) is 91.6 Å². The minimum Gasteiger partial charge on any atom is -0.489 e. The van der Waals surface area contributed by atoms with E-state index in [1.165, 1.54) is 11.1 Å². The van der Waals surface area contributed by atoms with Crippen molar-refractivity contribution in [2.45, 2.75) is 46.4 Å². The summed E-state index contributed by atoms with van der Waals surface area (Å²) in [6, 6.07) is 31.7. The smallest absolute Gasteiger partial charge is 0.246 e. The molecule has 9 heteroatoms. The normalized spacial score (nSPS) is 13.5. The second-order valence-corrected chi connectivity index (χ2v) is 14.0. The zero-order valence-electron chi connectivity index (χ0n) is 29.7. The number of hydrogen-bond acceptors (Lipinski definition) is 6. The van der Waals surface area contributed by atoms with E-state index in [-0.39, 0.29) is 5.91 Å². The van der Waals surface area contributed by atoms with Gasteiger partial charge in [0.2, 0.25) is 11.8 Å². The van der Waals surface area contributed by atoms with Gasteiger partial charge in [-0.25, -0.2) is 4.98 Å². The van der Waals surface area contributed by atoms with E-state index in [9.17, 15) is 4.79 Å². The number of amides is 1. The van der Waals surface area contributed by atoms with Gasteiger partial charge in [-0.05, 0) is 83.1 Å². The number of carbonyl (C=O) groups is 1. The Bertz CT molecular complexity index is 1950. The predicted octanol–water partition coefficient (Wildman–Crippen LogP) is 10.1. The molecule has 1 aliphatic rings. The van der Waals surface area contributed by atoms with Crippen LogP contribution in [0.4, 0.5) is 0 Å². The van der Waals surface area contributed by atoms with Crippen molar-refractivity contribution in [3.8, 4) is 23.1 Å². The number of nitrogens with zero attached hydrogens (tertiary/aromatic N) is 3. The van der Waals surface area contributed by atoms with Crippen LogP contribution in [0.25, 0.3) is 6.08 Å². The first kappa shape index (κ1) is 37.0. The Hall–Kier alpha value is -4.82. The number of pyridine rings is 1. The van der Waals surface area contributed by atoms with Gasteiger partial charge in [-0.15, -0.1) is 0 Å². The Labute approximate surface area is 316 Å². The summed E-state index contributed by atoms with van der Waals surface area (Å²) in [6.45, 7) is 11.0. The zero-order chi connectivity index (χ0) is 36.5. The number of aromatic nitrogens is 1. The summed E-state index contributed by atoms with van der Waals surface area (Å²) in [5.41, 5.74) is 6.22. The second kappa shape index (κ2) is 17.6. The number of rotatable bonds is 13. The van der Waals surface area contributed by atoms with Gasteiger partial charge in [0, 0.05) is 55.5 Å². The summed E-state index contributed by atoms with van der Waals surface area (Å²) in [5, 5.41) is 1.08. The average molecular weight is 737 g/mol. The molecule has 0 unspecified atom stereocenters. The lowest BCUT2D eigenvalue weighted by Crippen LogP contribution is -2.47. The molecule has 0 atom stereocenters. The highest BCUT2D eigenvalue weighted by molar-refractivity contribution is 6.32. The first-order chi connectivity index (χ1) is 25.2. The highest BCUT2D eigenvalue weighted by Crippen LogP contribution is 2.34. The molecular weight excluding hydrogens is 693 g/mol. The van der Waals surface area contributed by atoms with Crippen LogP contribution in [-0.4, -0.2) is 46.9 Å². The average Bonchev–Trinajstić information content (AvgIpc) is 3.15. The Morgan fingerprint density at radius 2 is 1.50 bits per heavy atom. The van der Waals surface area contributed by atoms with Crippen LogP contribution in [0.5, 0.6) is 23.1 Å². The fourth-order valence-electron chi connectivity index (χ4n) is 5.89. The van der Waals surface area contributed by atoms with Crippen molar-refractivity contribution in [3.05, 3.63) is 153 Å². The molecule has 0 radical (unpaired) electrons. The summed E-state index contributed by atoms with van der Waals surface area (Å²) in [7, 11) is 0. The monoisotopic (exact) mass is 735 g/mol. The summed E-state index contributed by atoms with van der Waals surface area (Å²) in [6.07, 6.45) is 5.01. The largest absolute Gasteiger partial charge is 0.489 e. The number of benzene rings is 4. The Balaban J connectivity index is 0.940. The minimum absolute atomic E-state index is 0.0157. The molecule has 0 bridgehead atoms. The number of aryl methyl sites for hydroxylation is 1. The third kappa shape index (κ3) is 10.2. The van der Waals surface area contributed by atoms with Crippen molar-refractivity contribution >= 4 is 35.2 Å². The topological polar surface area (TPSA) is 64.1 Å². The van der Waals surface area contributed by atoms with Gasteiger partial charge in [0.1, 0.15) is 24.7 Å². The lowest BCUT2D eigenvalue weighted by molar-refractivity contribution is -0.127. The molecule has 0 saturated carbocycles. The second-order valence-electron chi connectivity index (χ2n) is 13.2. The molecule has 268 valence electrons. The van der Waals surface area contributed by atoms with Crippen LogP contribution in [0, 0.1) is 6.92 Å². The molecule has 0 aliphatic carbocycles. The molecule has 1 fully saturated rings. The Morgan fingerprint density at radius 1 is 0.808 bits per heavy atom. The highest BCUT2D eigenvalue weighted by atomic mass is 35.5. The molecular formula is C43H43Cl2N3O4. The molecule has 52 heavy (non-hydrogen) atoms. The maximum absolute atomic E-state index is 13.1. The van der Waals surface area contributed by atoms with Gasteiger partial charge in [-0.2, -0.15) is 0 Å². The van der Waals surface area contributed by atoms with Crippen molar-refractivity contribution in [2.75, 3.05) is 26.2 Å². The van der Waals surface area contributed by atoms with Crippen LogP contribution in [0.1, 0.15) is 53.1 Å². The quantitative estimate of drug-likeness (QED) is 0.112. The number of halogens is 2. The fourth-order valence-corrected chi connectivity index (χ4v) is 6.39. The van der Waals surface area contributed by atoms with Gasteiger partial charge in [0.05, 0.1) is 11.2 Å². The number of carbonyl (C=O) groups excluding carboxylic acids is 1. The van der Waals surface area contributed by atoms with Crippen LogP contribution >= 0.6 is 23.2 Å². The fraction of sp³-hybridized carbons (Fsp3) is 0.256. The summed E-state index contributed by atoms with van der Waals surface area (Å²) in [5.74, 6) is 2.86. The van der Waals surface area contributed by atoms with Crippen LogP contribution < -0.4 is 14.2 Å². The van der Waals surface area contributed by atoms with Gasteiger partial charge in [0.15, 0.2) is 5.75 Å². The standard InChI is InChI=1S/C43H43Cl2N3O4/c1-30(2)35-13-15-37(16-14-35)50-28-33-10-8-32(9-11-33)27-47-20-22-48(23-21-47)42(49)19-12-34-24-31(3)43(40(45)25-34)52-41-18-17-38(26-46-41)51-29-36-6-4-5-7-39(36)44/h4-19,24-26,30H,20-23,27-29H2,1-3H3. The number of ether oxygens (including phenoxy) is 3. The van der Waals surface area contributed by atoms with Gasteiger partial charge in [-0.3, -0.25) is 9.69 Å². The van der Waals surface area contributed by atoms with Crippen LogP contribution in [-0.2, 0) is 24.6 Å². The molecule has 0 spiro atoms. The number of piperazine rings is 1. The minimum atomic E-state index is -0.0157. The maximum Gasteiger partial charge on any atom is 0.246 e. The zero-order valence-corrected chi connectivity index (χ0v) is 31.2. The molecule has 6 rings (SSSR count). The summed E-state index contributed by atoms with van der Waals surface area (Å²) in [4.78, 5) is 21.7. The van der Waals surface area contributed by atoms with Crippen molar-refractivity contribution < 1.29 is 19.0 Å². The SMILES string of the molecule is Cc1cc(C=CC(=O)N2CCN(Cc3ccc(COc4ccc(C(C)C)cc4)cc3)CC2)cc(Cl)c1Oc1ccc(OCc2ccccc2Cl)cn1. The molecule has 2 heterocycles. The van der Waals surface area contributed by atoms with Crippen LogP contribution in [0.15, 0.2) is 109 Å². The van der Waals surface area contributed by atoms with Gasteiger partial charge >= 0.3 is 0 Å². The molecule has 7 nitrogen and oxygen atoms in total. The van der Waals surface area contributed by atoms with E-state index >= 15 is 0 Å². The first-order valence-corrected chi connectivity index (χ1v) is 18.3. The lowest BCUT2D eigenvalue weighted by Gasteiger charge is -2.34. The third-order valence-electron chi connectivity index (χ3n) is 9.00. The van der Waals surface area contributed by atoms with E-state index in [0.29, 0.717) is 59.6 Å². The van der Waals surface area contributed by atoms with Crippen molar-refractivity contribution in [3.63, 3.8) is 0 Å². The van der Waals surface area contributed by atoms with Crippen molar-refractivity contribution in [1.82, 2.24) is 14.8 Å². The molecule has 4 aromatic carbocycles. The third-order valence-corrected chi connectivity index (χ3v) is 9.65. The summed E-state index contributed by atoms with van der Waals surface area (Å²) >= 11 is 12.8. The first-order valence-electron chi connectivity index (χ1n) is 17.5. The van der Waals surface area contributed by atoms with Gasteiger partial charge < -0.3 is 19.1 Å². The molecule has 0 N–H and O–H groups in total. The van der Waals surface area contributed by atoms with E-state index in [4.69, 9.17) is 37.4 Å². The number of hydrogen-bond donors (Lipinski definition) is 0. The van der Waals surface area contributed by atoms with E-state index in [0.717, 1.165) is 47.6 Å². The van der Waals surface area contributed by atoms with E-state index < -0.39 is 0 Å². The van der Waals surface area contributed by atoms with Crippen molar-refractivity contribution in [2.24, 2.45) is 0 Å². The molecule has 1 saturated heterocycles. The lowest BCUT2D eigenvalue weighted by atomic mass is 10.0. The maximum atomic E-state index is 13.1. The van der Waals surface area contributed by atoms with Gasteiger partial charge in [0.25, 0.3) is 0 Å². The molecule has 1 aliphatic heterocycles. The van der Waals surface area contributed by atoms with Crippen molar-refractivity contribution in [1.29, 1.82) is 0 Å². The van der Waals surface area contributed by atoms with E-state index in [2.05, 4.69) is 60.1 Å². The Kier molecular flexibility index (Phi) is 12.5. The molecule has 1 aromatic heterocycles. The van der Waals surface area contributed by atoms with E-state index in [1.54, 1.807) is 36.5 Å². The predicted molar refractivity (Wildman–Crippen MR) is 208 cm³/mol. The summed E-state index contributed by atoms with van der Waals surface area (Å²) < 4.78 is 17.8. The van der Waals surface area contributed by atoms with Crippen LogP contribution in [0.2, 0.25) is 10.0 Å². The van der Waals surface area contributed by atoms with E-state index in [1.807, 2.05) is 54.3 Å².